The van der Waals surface area contributed by atoms with Crippen molar-refractivity contribution in [2.45, 2.75) is 25.3 Å². The first-order chi connectivity index (χ1) is 17.1. The number of nitrogens with zero attached hydrogens (tertiary/aromatic N) is 2. The van der Waals surface area contributed by atoms with Crippen LogP contribution in [0, 0.1) is 10.1 Å². The highest BCUT2D eigenvalue weighted by Gasteiger charge is 2.24. The highest BCUT2D eigenvalue weighted by Crippen LogP contribution is 2.36. The maximum Gasteiger partial charge on any atom is 0.270 e. The lowest BCUT2D eigenvalue weighted by Gasteiger charge is -2.17. The van der Waals surface area contributed by atoms with Crippen LogP contribution in [0.3, 0.4) is 0 Å². The SMILES string of the molecule is COCCCNC(=O)C[C@@H](c1ccccc1)c1cn(Cc2ccccc2)c2ccc([N+](=O)[O-])cc12. The standard InChI is InChI=1S/C28H29N3O4/c1-35-16-8-15-29-28(32)18-24(22-11-6-3-7-12-22)26-20-30(19-21-9-4-2-5-10-21)27-14-13-23(31(33)34)17-25(26)27/h2-7,9-14,17,20,24H,8,15-16,18-19H2,1H3,(H,29,32)/t24-/m0/s1. The van der Waals surface area contributed by atoms with Crippen molar-refractivity contribution in [3.63, 3.8) is 0 Å². The van der Waals surface area contributed by atoms with E-state index in [1.54, 1.807) is 19.2 Å². The van der Waals surface area contributed by atoms with Crippen LogP contribution < -0.4 is 5.32 Å². The fourth-order valence-corrected chi connectivity index (χ4v) is 4.41. The highest BCUT2D eigenvalue weighted by atomic mass is 16.6. The number of non-ortho nitro benzene ring substituents is 1. The van der Waals surface area contributed by atoms with Gasteiger partial charge in [-0.25, -0.2) is 0 Å². The first kappa shape index (κ1) is 24.2. The Balaban J connectivity index is 1.76. The van der Waals surface area contributed by atoms with Crippen molar-refractivity contribution in [3.8, 4) is 0 Å². The van der Waals surface area contributed by atoms with Crippen LogP contribution in [0.25, 0.3) is 10.9 Å². The van der Waals surface area contributed by atoms with Crippen molar-refractivity contribution >= 4 is 22.5 Å². The maximum absolute atomic E-state index is 12.9. The van der Waals surface area contributed by atoms with Crippen LogP contribution >= 0.6 is 0 Å². The highest BCUT2D eigenvalue weighted by molar-refractivity contribution is 5.88. The number of benzene rings is 3. The molecule has 0 spiro atoms. The van der Waals surface area contributed by atoms with Crippen molar-refractivity contribution in [3.05, 3.63) is 112 Å². The predicted octanol–water partition coefficient (Wildman–Crippen LogP) is 5.27. The van der Waals surface area contributed by atoms with E-state index in [9.17, 15) is 14.9 Å². The molecule has 0 fully saturated rings. The van der Waals surface area contributed by atoms with Crippen LogP contribution in [0.2, 0.25) is 0 Å². The molecule has 0 aliphatic rings. The summed E-state index contributed by atoms with van der Waals surface area (Å²) >= 11 is 0. The van der Waals surface area contributed by atoms with Crippen LogP contribution in [0.5, 0.6) is 0 Å². The first-order valence-electron chi connectivity index (χ1n) is 11.7. The van der Waals surface area contributed by atoms with E-state index in [2.05, 4.69) is 22.0 Å². The van der Waals surface area contributed by atoms with Crippen molar-refractivity contribution in [2.75, 3.05) is 20.3 Å². The fourth-order valence-electron chi connectivity index (χ4n) is 4.41. The number of nitrogens with one attached hydrogen (secondary N) is 1. The molecule has 4 rings (SSSR count). The lowest BCUT2D eigenvalue weighted by molar-refractivity contribution is -0.384. The van der Waals surface area contributed by atoms with Gasteiger partial charge in [0.2, 0.25) is 5.91 Å². The second kappa shape index (κ2) is 11.4. The topological polar surface area (TPSA) is 86.4 Å². The number of nitro groups is 1. The molecule has 0 saturated carbocycles. The summed E-state index contributed by atoms with van der Waals surface area (Å²) in [5.41, 5.74) is 3.95. The van der Waals surface area contributed by atoms with Crippen LogP contribution in [-0.2, 0) is 16.1 Å². The lowest BCUT2D eigenvalue weighted by atomic mass is 9.88. The van der Waals surface area contributed by atoms with Crippen LogP contribution in [0.15, 0.2) is 85.1 Å². The zero-order valence-corrected chi connectivity index (χ0v) is 19.7. The average Bonchev–Trinajstić information content (AvgIpc) is 3.23. The number of hydrogen-bond donors (Lipinski definition) is 1. The van der Waals surface area contributed by atoms with E-state index in [0.717, 1.165) is 34.0 Å². The molecule has 1 heterocycles. The summed E-state index contributed by atoms with van der Waals surface area (Å²) in [6, 6.07) is 24.9. The number of rotatable bonds is 11. The zero-order valence-electron chi connectivity index (χ0n) is 19.7. The third kappa shape index (κ3) is 5.94. The molecule has 1 aromatic heterocycles. The van der Waals surface area contributed by atoms with Gasteiger partial charge in [0.15, 0.2) is 0 Å². The van der Waals surface area contributed by atoms with E-state index >= 15 is 0 Å². The summed E-state index contributed by atoms with van der Waals surface area (Å²) < 4.78 is 7.17. The maximum atomic E-state index is 12.9. The second-order valence-electron chi connectivity index (χ2n) is 8.52. The number of carbonyl (C=O) groups is 1. The van der Waals surface area contributed by atoms with E-state index in [1.807, 2.05) is 54.7 Å². The Kier molecular flexibility index (Phi) is 7.90. The quantitative estimate of drug-likeness (QED) is 0.183. The van der Waals surface area contributed by atoms with Gasteiger partial charge < -0.3 is 14.6 Å². The molecule has 1 N–H and O–H groups in total. The molecule has 1 amide bonds. The van der Waals surface area contributed by atoms with Crippen molar-refractivity contribution in [1.29, 1.82) is 0 Å². The summed E-state index contributed by atoms with van der Waals surface area (Å²) in [7, 11) is 1.64. The molecule has 0 saturated heterocycles. The van der Waals surface area contributed by atoms with Crippen molar-refractivity contribution in [2.24, 2.45) is 0 Å². The molecule has 35 heavy (non-hydrogen) atoms. The molecule has 1 atom stereocenters. The van der Waals surface area contributed by atoms with Gasteiger partial charge in [0, 0.05) is 68.4 Å². The number of hydrogen-bond acceptors (Lipinski definition) is 4. The minimum absolute atomic E-state index is 0.0343. The monoisotopic (exact) mass is 471 g/mol. The first-order valence-corrected chi connectivity index (χ1v) is 11.7. The summed E-state index contributed by atoms with van der Waals surface area (Å²) in [6.07, 6.45) is 3.02. The van der Waals surface area contributed by atoms with Gasteiger partial charge >= 0.3 is 0 Å². The van der Waals surface area contributed by atoms with E-state index in [1.165, 1.54) is 6.07 Å². The molecule has 3 aromatic carbocycles. The Morgan fingerprint density at radius 1 is 1.06 bits per heavy atom. The summed E-state index contributed by atoms with van der Waals surface area (Å²) in [4.78, 5) is 24.1. The van der Waals surface area contributed by atoms with Crippen LogP contribution in [0.1, 0.15) is 35.4 Å². The summed E-state index contributed by atoms with van der Waals surface area (Å²) in [5, 5.41) is 15.3. The van der Waals surface area contributed by atoms with Gasteiger partial charge in [-0.15, -0.1) is 0 Å². The smallest absolute Gasteiger partial charge is 0.270 e. The zero-order chi connectivity index (χ0) is 24.6. The number of fused-ring (bicyclic) bond motifs is 1. The number of amides is 1. The Bertz CT molecular complexity index is 1290. The van der Waals surface area contributed by atoms with Gasteiger partial charge in [0.05, 0.1) is 4.92 Å². The van der Waals surface area contributed by atoms with E-state index in [0.29, 0.717) is 19.7 Å². The Hall–Kier alpha value is -3.97. The molecule has 180 valence electrons. The molecule has 4 aromatic rings. The Morgan fingerprint density at radius 2 is 1.77 bits per heavy atom. The predicted molar refractivity (Wildman–Crippen MR) is 137 cm³/mol. The minimum Gasteiger partial charge on any atom is -0.385 e. The number of ether oxygens (including phenoxy) is 1. The normalized spacial score (nSPS) is 11.9. The number of methoxy groups -OCH3 is 1. The molecule has 0 radical (unpaired) electrons. The molecular formula is C28H29N3O4. The number of nitro benzene ring substituents is 1. The number of carbonyl (C=O) groups excluding carboxylic acids is 1. The third-order valence-corrected chi connectivity index (χ3v) is 6.12. The van der Waals surface area contributed by atoms with E-state index in [-0.39, 0.29) is 28.9 Å². The average molecular weight is 472 g/mol. The van der Waals surface area contributed by atoms with Gasteiger partial charge in [-0.3, -0.25) is 14.9 Å². The minimum atomic E-state index is -0.377. The molecule has 0 bridgehead atoms. The fraction of sp³-hybridized carbons (Fsp3) is 0.250. The van der Waals surface area contributed by atoms with Crippen LogP contribution in [0.4, 0.5) is 5.69 Å². The molecular weight excluding hydrogens is 442 g/mol. The molecule has 7 nitrogen and oxygen atoms in total. The molecule has 7 heteroatoms. The molecule has 0 aliphatic heterocycles. The van der Waals surface area contributed by atoms with Crippen LogP contribution in [-0.4, -0.2) is 35.7 Å². The summed E-state index contributed by atoms with van der Waals surface area (Å²) in [6.45, 7) is 1.74. The third-order valence-electron chi connectivity index (χ3n) is 6.12. The summed E-state index contributed by atoms with van der Waals surface area (Å²) in [5.74, 6) is -0.315. The van der Waals surface area contributed by atoms with E-state index in [4.69, 9.17) is 4.74 Å². The van der Waals surface area contributed by atoms with Gasteiger partial charge in [-0.1, -0.05) is 60.7 Å². The Labute approximate surface area is 204 Å². The Morgan fingerprint density at radius 3 is 2.46 bits per heavy atom. The van der Waals surface area contributed by atoms with Crippen molar-refractivity contribution in [1.82, 2.24) is 9.88 Å². The van der Waals surface area contributed by atoms with E-state index < -0.39 is 0 Å². The van der Waals surface area contributed by atoms with Gasteiger partial charge in [-0.05, 0) is 29.2 Å². The van der Waals surface area contributed by atoms with Gasteiger partial charge in [0.25, 0.3) is 5.69 Å². The van der Waals surface area contributed by atoms with Gasteiger partial charge in [-0.2, -0.15) is 0 Å². The largest absolute Gasteiger partial charge is 0.385 e. The van der Waals surface area contributed by atoms with Gasteiger partial charge in [0.1, 0.15) is 0 Å². The molecule has 0 unspecified atom stereocenters. The molecule has 0 aliphatic carbocycles. The number of aromatic nitrogens is 1. The van der Waals surface area contributed by atoms with Crippen molar-refractivity contribution < 1.29 is 14.5 Å². The lowest BCUT2D eigenvalue weighted by Crippen LogP contribution is -2.27. The second-order valence-corrected chi connectivity index (χ2v) is 8.52.